The van der Waals surface area contributed by atoms with Gasteiger partial charge in [-0.05, 0) is 55.3 Å². The fourth-order valence-corrected chi connectivity index (χ4v) is 1.83. The van der Waals surface area contributed by atoms with Crippen molar-refractivity contribution in [1.82, 2.24) is 0 Å². The highest BCUT2D eigenvalue weighted by Crippen LogP contribution is 2.33. The summed E-state index contributed by atoms with van der Waals surface area (Å²) in [4.78, 5) is 0. The first kappa shape index (κ1) is 14.2. The van der Waals surface area contributed by atoms with Gasteiger partial charge in [0, 0.05) is 5.69 Å². The van der Waals surface area contributed by atoms with Gasteiger partial charge < -0.3 is 11.1 Å². The Hall–Kier alpha value is -2.17. The van der Waals surface area contributed by atoms with Gasteiger partial charge in [0.1, 0.15) is 0 Å². The fraction of sp³-hybridized carbons (Fsp3) is 0.200. The third-order valence-electron chi connectivity index (χ3n) is 3.16. The Balaban J connectivity index is 2.28. The van der Waals surface area contributed by atoms with E-state index in [2.05, 4.69) is 5.32 Å². The highest BCUT2D eigenvalue weighted by Gasteiger charge is 2.30. The summed E-state index contributed by atoms with van der Waals surface area (Å²) >= 11 is 0. The largest absolute Gasteiger partial charge is 0.416 e. The van der Waals surface area contributed by atoms with Crippen molar-refractivity contribution in [1.29, 1.82) is 0 Å². The molecule has 0 atom stereocenters. The standard InChI is InChI=1S/C15H15F3N2/c1-9-3-5-12(7-10(9)2)20-14-6-4-11(8-13(14)19)15(16,17)18/h3-8,20H,19H2,1-2H3. The molecule has 0 aliphatic carbocycles. The van der Waals surface area contributed by atoms with E-state index >= 15 is 0 Å². The van der Waals surface area contributed by atoms with Crippen molar-refractivity contribution in [3.8, 4) is 0 Å². The number of hydrogen-bond acceptors (Lipinski definition) is 2. The molecule has 0 bridgehead atoms. The highest BCUT2D eigenvalue weighted by molar-refractivity contribution is 5.73. The Morgan fingerprint density at radius 1 is 0.950 bits per heavy atom. The van der Waals surface area contributed by atoms with E-state index in [9.17, 15) is 13.2 Å². The number of anilines is 3. The lowest BCUT2D eigenvalue weighted by atomic mass is 10.1. The monoisotopic (exact) mass is 280 g/mol. The van der Waals surface area contributed by atoms with Crippen LogP contribution in [0.4, 0.5) is 30.2 Å². The zero-order valence-electron chi connectivity index (χ0n) is 11.2. The van der Waals surface area contributed by atoms with E-state index in [1.807, 2.05) is 32.0 Å². The van der Waals surface area contributed by atoms with E-state index in [1.54, 1.807) is 0 Å². The number of nitrogen functional groups attached to an aromatic ring is 1. The van der Waals surface area contributed by atoms with Crippen LogP contribution in [0.15, 0.2) is 36.4 Å². The molecule has 0 heterocycles. The molecule has 2 aromatic carbocycles. The van der Waals surface area contributed by atoms with Crippen LogP contribution < -0.4 is 11.1 Å². The van der Waals surface area contributed by atoms with Gasteiger partial charge in [0.15, 0.2) is 0 Å². The summed E-state index contributed by atoms with van der Waals surface area (Å²) < 4.78 is 37.6. The second kappa shape index (κ2) is 5.07. The van der Waals surface area contributed by atoms with Crippen LogP contribution >= 0.6 is 0 Å². The third-order valence-corrected chi connectivity index (χ3v) is 3.16. The molecule has 5 heteroatoms. The topological polar surface area (TPSA) is 38.0 Å². The van der Waals surface area contributed by atoms with E-state index in [0.29, 0.717) is 5.69 Å². The maximum Gasteiger partial charge on any atom is 0.416 e. The number of nitrogens with one attached hydrogen (secondary N) is 1. The molecule has 106 valence electrons. The SMILES string of the molecule is Cc1ccc(Nc2ccc(C(F)(F)F)cc2N)cc1C. The van der Waals surface area contributed by atoms with Gasteiger partial charge in [-0.1, -0.05) is 6.07 Å². The van der Waals surface area contributed by atoms with Crippen LogP contribution in [0.5, 0.6) is 0 Å². The van der Waals surface area contributed by atoms with Crippen molar-refractivity contribution in [2.24, 2.45) is 0 Å². The minimum Gasteiger partial charge on any atom is -0.397 e. The van der Waals surface area contributed by atoms with Gasteiger partial charge in [-0.25, -0.2) is 0 Å². The molecule has 0 aromatic heterocycles. The van der Waals surface area contributed by atoms with Gasteiger partial charge in [-0.3, -0.25) is 0 Å². The first-order valence-corrected chi connectivity index (χ1v) is 6.08. The van der Waals surface area contributed by atoms with Gasteiger partial charge in [0.05, 0.1) is 16.9 Å². The lowest BCUT2D eigenvalue weighted by Gasteiger charge is -2.13. The Bertz CT molecular complexity index is 634. The highest BCUT2D eigenvalue weighted by atomic mass is 19.4. The van der Waals surface area contributed by atoms with Crippen molar-refractivity contribution in [3.05, 3.63) is 53.1 Å². The van der Waals surface area contributed by atoms with E-state index in [-0.39, 0.29) is 5.69 Å². The molecule has 0 amide bonds. The Morgan fingerprint density at radius 3 is 2.20 bits per heavy atom. The van der Waals surface area contributed by atoms with E-state index in [1.165, 1.54) is 6.07 Å². The summed E-state index contributed by atoms with van der Waals surface area (Å²) in [6, 6.07) is 9.01. The first-order valence-electron chi connectivity index (χ1n) is 6.08. The molecule has 2 aromatic rings. The summed E-state index contributed by atoms with van der Waals surface area (Å²) in [6.45, 7) is 3.96. The number of halogens is 3. The van der Waals surface area contributed by atoms with Crippen LogP contribution in [0.2, 0.25) is 0 Å². The minimum atomic E-state index is -4.38. The smallest absolute Gasteiger partial charge is 0.397 e. The zero-order chi connectivity index (χ0) is 14.9. The fourth-order valence-electron chi connectivity index (χ4n) is 1.83. The van der Waals surface area contributed by atoms with E-state index < -0.39 is 11.7 Å². The van der Waals surface area contributed by atoms with Crippen LogP contribution in [0.3, 0.4) is 0 Å². The van der Waals surface area contributed by atoms with Crippen molar-refractivity contribution in [3.63, 3.8) is 0 Å². The van der Waals surface area contributed by atoms with E-state index in [0.717, 1.165) is 28.9 Å². The molecule has 0 radical (unpaired) electrons. The molecule has 0 aliphatic rings. The Labute approximate surface area is 115 Å². The van der Waals surface area contributed by atoms with Crippen molar-refractivity contribution < 1.29 is 13.2 Å². The normalized spacial score (nSPS) is 11.4. The van der Waals surface area contributed by atoms with Gasteiger partial charge >= 0.3 is 6.18 Å². The predicted molar refractivity (Wildman–Crippen MR) is 75.1 cm³/mol. The van der Waals surface area contributed by atoms with Gasteiger partial charge in [0.2, 0.25) is 0 Å². The van der Waals surface area contributed by atoms with Crippen molar-refractivity contribution in [2.75, 3.05) is 11.1 Å². The van der Waals surface area contributed by atoms with Gasteiger partial charge in [-0.15, -0.1) is 0 Å². The molecule has 20 heavy (non-hydrogen) atoms. The van der Waals surface area contributed by atoms with Crippen LogP contribution in [0, 0.1) is 13.8 Å². The average Bonchev–Trinajstić information content (AvgIpc) is 2.35. The minimum absolute atomic E-state index is 0.0676. The molecule has 0 spiro atoms. The molecule has 3 N–H and O–H groups in total. The van der Waals surface area contributed by atoms with Crippen LogP contribution in [0.25, 0.3) is 0 Å². The third kappa shape index (κ3) is 3.04. The molecule has 2 rings (SSSR count). The number of hydrogen-bond donors (Lipinski definition) is 2. The van der Waals surface area contributed by atoms with Crippen LogP contribution in [-0.2, 0) is 6.18 Å². The van der Waals surface area contributed by atoms with Crippen molar-refractivity contribution >= 4 is 17.1 Å². The lowest BCUT2D eigenvalue weighted by Crippen LogP contribution is -2.06. The number of aryl methyl sites for hydroxylation is 2. The average molecular weight is 280 g/mol. The molecule has 0 saturated carbocycles. The van der Waals surface area contributed by atoms with E-state index in [4.69, 9.17) is 5.73 Å². The summed E-state index contributed by atoms with van der Waals surface area (Å²) in [5.41, 5.74) is 8.49. The molecule has 0 saturated heterocycles. The summed E-state index contributed by atoms with van der Waals surface area (Å²) in [5.74, 6) is 0. The predicted octanol–water partition coefficient (Wildman–Crippen LogP) is 4.65. The van der Waals surface area contributed by atoms with Gasteiger partial charge in [-0.2, -0.15) is 13.2 Å². The molecule has 0 fully saturated rings. The second-order valence-corrected chi connectivity index (χ2v) is 4.72. The maximum atomic E-state index is 12.5. The number of rotatable bonds is 2. The number of benzene rings is 2. The van der Waals surface area contributed by atoms with Gasteiger partial charge in [0.25, 0.3) is 0 Å². The second-order valence-electron chi connectivity index (χ2n) is 4.72. The van der Waals surface area contributed by atoms with Crippen molar-refractivity contribution in [2.45, 2.75) is 20.0 Å². The number of alkyl halides is 3. The summed E-state index contributed by atoms with van der Waals surface area (Å²) in [7, 11) is 0. The molecule has 0 aliphatic heterocycles. The molecular weight excluding hydrogens is 265 g/mol. The zero-order valence-corrected chi connectivity index (χ0v) is 11.2. The number of nitrogens with two attached hydrogens (primary N) is 1. The Morgan fingerprint density at radius 2 is 1.65 bits per heavy atom. The van der Waals surface area contributed by atoms with Crippen LogP contribution in [-0.4, -0.2) is 0 Å². The molecule has 2 nitrogen and oxygen atoms in total. The molecular formula is C15H15F3N2. The summed E-state index contributed by atoms with van der Waals surface area (Å²) in [5, 5.41) is 3.03. The quantitative estimate of drug-likeness (QED) is 0.786. The Kier molecular flexibility index (Phi) is 3.61. The summed E-state index contributed by atoms with van der Waals surface area (Å²) in [6.07, 6.45) is -4.38. The maximum absolute atomic E-state index is 12.5. The molecule has 0 unspecified atom stereocenters. The lowest BCUT2D eigenvalue weighted by molar-refractivity contribution is -0.137. The first-order chi connectivity index (χ1) is 9.27. The van der Waals surface area contributed by atoms with Crippen LogP contribution in [0.1, 0.15) is 16.7 Å².